The topological polar surface area (TPSA) is 58.2 Å². The maximum absolute atomic E-state index is 13.1. The van der Waals surface area contributed by atoms with Crippen LogP contribution < -0.4 is 10.6 Å². The second-order valence-electron chi connectivity index (χ2n) is 3.18. The van der Waals surface area contributed by atoms with Crippen LogP contribution >= 0.6 is 0 Å². The van der Waals surface area contributed by atoms with Gasteiger partial charge in [0, 0.05) is 13.6 Å². The van der Waals surface area contributed by atoms with Crippen molar-refractivity contribution >= 4 is 11.8 Å². The molecule has 0 fully saturated rings. The minimum absolute atomic E-state index is 0.229. The monoisotopic (exact) mass is 224 g/mol. The van der Waals surface area contributed by atoms with Gasteiger partial charge in [-0.3, -0.25) is 9.59 Å². The Kier molecular flexibility index (Phi) is 4.44. The highest BCUT2D eigenvalue weighted by Crippen LogP contribution is 2.05. The van der Waals surface area contributed by atoms with Crippen molar-refractivity contribution in [3.8, 4) is 0 Å². The molecule has 0 aliphatic rings. The predicted molar refractivity (Wildman–Crippen MR) is 57.2 cm³/mol. The summed E-state index contributed by atoms with van der Waals surface area (Å²) >= 11 is 0. The van der Waals surface area contributed by atoms with E-state index >= 15 is 0 Å². The molecule has 5 heteroatoms. The van der Waals surface area contributed by atoms with Gasteiger partial charge in [0.1, 0.15) is 5.82 Å². The van der Waals surface area contributed by atoms with E-state index in [2.05, 4.69) is 10.6 Å². The van der Waals surface area contributed by atoms with Gasteiger partial charge >= 0.3 is 11.8 Å². The van der Waals surface area contributed by atoms with Crippen molar-refractivity contribution in [2.45, 2.75) is 6.42 Å². The lowest BCUT2D eigenvalue weighted by molar-refractivity contribution is -0.138. The molecule has 16 heavy (non-hydrogen) atoms. The summed E-state index contributed by atoms with van der Waals surface area (Å²) in [7, 11) is 1.37. The highest BCUT2D eigenvalue weighted by atomic mass is 19.1. The number of amides is 2. The van der Waals surface area contributed by atoms with Gasteiger partial charge in [-0.1, -0.05) is 18.2 Å². The van der Waals surface area contributed by atoms with Crippen LogP contribution in [0.2, 0.25) is 0 Å². The van der Waals surface area contributed by atoms with E-state index in [1.54, 1.807) is 18.2 Å². The van der Waals surface area contributed by atoms with Crippen LogP contribution in [0.25, 0.3) is 0 Å². The Balaban J connectivity index is 2.39. The molecule has 86 valence electrons. The number of carbonyl (C=O) groups is 2. The van der Waals surface area contributed by atoms with E-state index < -0.39 is 11.8 Å². The van der Waals surface area contributed by atoms with E-state index in [9.17, 15) is 14.0 Å². The molecule has 2 N–H and O–H groups in total. The van der Waals surface area contributed by atoms with Gasteiger partial charge < -0.3 is 10.6 Å². The van der Waals surface area contributed by atoms with Crippen molar-refractivity contribution in [1.29, 1.82) is 0 Å². The van der Waals surface area contributed by atoms with Crippen molar-refractivity contribution in [1.82, 2.24) is 10.6 Å². The lowest BCUT2D eigenvalue weighted by atomic mass is 10.1. The maximum atomic E-state index is 13.1. The summed E-state index contributed by atoms with van der Waals surface area (Å²) in [5, 5.41) is 4.59. The molecule has 0 heterocycles. The molecule has 4 nitrogen and oxygen atoms in total. The van der Waals surface area contributed by atoms with E-state index in [0.29, 0.717) is 12.0 Å². The molecule has 1 aromatic rings. The zero-order valence-corrected chi connectivity index (χ0v) is 8.92. The summed E-state index contributed by atoms with van der Waals surface area (Å²) in [6.45, 7) is 0.229. The third-order valence-corrected chi connectivity index (χ3v) is 2.07. The van der Waals surface area contributed by atoms with Crippen LogP contribution in [0.3, 0.4) is 0 Å². The van der Waals surface area contributed by atoms with Crippen LogP contribution in [0, 0.1) is 5.82 Å². The fraction of sp³-hybridized carbons (Fsp3) is 0.273. The Morgan fingerprint density at radius 3 is 2.56 bits per heavy atom. The summed E-state index contributed by atoms with van der Waals surface area (Å²) in [5.74, 6) is -1.72. The summed E-state index contributed by atoms with van der Waals surface area (Å²) in [5.41, 5.74) is 0.514. The van der Waals surface area contributed by atoms with E-state index in [-0.39, 0.29) is 12.4 Å². The molecule has 0 atom stereocenters. The van der Waals surface area contributed by atoms with Crippen LogP contribution in [-0.2, 0) is 16.0 Å². The van der Waals surface area contributed by atoms with Crippen LogP contribution in [0.15, 0.2) is 24.3 Å². The highest BCUT2D eigenvalue weighted by molar-refractivity contribution is 6.34. The quantitative estimate of drug-likeness (QED) is 0.722. The normalized spacial score (nSPS) is 9.62. The number of carbonyl (C=O) groups excluding carboxylic acids is 2. The number of rotatable bonds is 3. The van der Waals surface area contributed by atoms with Crippen molar-refractivity contribution < 1.29 is 14.0 Å². The van der Waals surface area contributed by atoms with Crippen molar-refractivity contribution in [3.05, 3.63) is 35.6 Å². The Labute approximate surface area is 92.8 Å². The second-order valence-corrected chi connectivity index (χ2v) is 3.18. The van der Waals surface area contributed by atoms with Gasteiger partial charge in [-0.25, -0.2) is 4.39 Å². The molecule has 0 aliphatic carbocycles. The molecule has 0 aromatic heterocycles. The lowest BCUT2D eigenvalue weighted by Crippen LogP contribution is -2.38. The number of hydrogen-bond donors (Lipinski definition) is 2. The molecule has 0 saturated carbocycles. The number of likely N-dealkylation sites (N-methyl/N-ethyl adjacent to an activating group) is 1. The fourth-order valence-electron chi connectivity index (χ4n) is 1.21. The Morgan fingerprint density at radius 2 is 1.94 bits per heavy atom. The first-order chi connectivity index (χ1) is 7.65. The van der Waals surface area contributed by atoms with Gasteiger partial charge in [0.15, 0.2) is 0 Å². The van der Waals surface area contributed by atoms with Gasteiger partial charge in [-0.05, 0) is 18.1 Å². The summed E-state index contributed by atoms with van der Waals surface area (Å²) in [6.07, 6.45) is 0.357. The molecule has 1 rings (SSSR count). The fourth-order valence-corrected chi connectivity index (χ4v) is 1.21. The van der Waals surface area contributed by atoms with Gasteiger partial charge in [0.05, 0.1) is 0 Å². The van der Waals surface area contributed by atoms with Gasteiger partial charge in [-0.15, -0.1) is 0 Å². The Bertz CT molecular complexity index is 393. The number of benzene rings is 1. The maximum Gasteiger partial charge on any atom is 0.309 e. The van der Waals surface area contributed by atoms with Crippen LogP contribution in [0.1, 0.15) is 5.56 Å². The average Bonchev–Trinajstić information content (AvgIpc) is 2.30. The van der Waals surface area contributed by atoms with E-state index in [1.807, 2.05) is 0 Å². The second kappa shape index (κ2) is 5.85. The first kappa shape index (κ1) is 12.2. The molecule has 0 radical (unpaired) electrons. The third kappa shape index (κ3) is 3.34. The molecular weight excluding hydrogens is 211 g/mol. The lowest BCUT2D eigenvalue weighted by Gasteiger charge is -2.04. The van der Waals surface area contributed by atoms with Crippen LogP contribution in [-0.4, -0.2) is 25.4 Å². The molecule has 1 aromatic carbocycles. The minimum Gasteiger partial charge on any atom is -0.351 e. The minimum atomic E-state index is -0.709. The molecule has 0 aliphatic heterocycles. The van der Waals surface area contributed by atoms with Crippen molar-refractivity contribution in [2.24, 2.45) is 0 Å². The number of halogens is 1. The molecule has 0 unspecified atom stereocenters. The van der Waals surface area contributed by atoms with E-state index in [1.165, 1.54) is 13.1 Å². The van der Waals surface area contributed by atoms with Gasteiger partial charge in [0.2, 0.25) is 0 Å². The SMILES string of the molecule is CNC(=O)C(=O)NCCc1ccccc1F. The smallest absolute Gasteiger partial charge is 0.309 e. The molecule has 0 spiro atoms. The van der Waals surface area contributed by atoms with Gasteiger partial charge in [0.25, 0.3) is 0 Å². The zero-order valence-electron chi connectivity index (χ0n) is 8.92. The largest absolute Gasteiger partial charge is 0.351 e. The first-order valence-corrected chi connectivity index (χ1v) is 4.88. The first-order valence-electron chi connectivity index (χ1n) is 4.88. The predicted octanol–water partition coefficient (Wildman–Crippen LogP) is 0.230. The summed E-state index contributed by atoms with van der Waals surface area (Å²) < 4.78 is 13.1. The van der Waals surface area contributed by atoms with Crippen molar-refractivity contribution in [3.63, 3.8) is 0 Å². The highest BCUT2D eigenvalue weighted by Gasteiger charge is 2.10. The molecule has 0 saturated heterocycles. The average molecular weight is 224 g/mol. The van der Waals surface area contributed by atoms with Crippen LogP contribution in [0.5, 0.6) is 0 Å². The number of hydrogen-bond acceptors (Lipinski definition) is 2. The third-order valence-electron chi connectivity index (χ3n) is 2.07. The Hall–Kier alpha value is -1.91. The van der Waals surface area contributed by atoms with Crippen molar-refractivity contribution in [2.75, 3.05) is 13.6 Å². The standard InChI is InChI=1S/C11H13FN2O2/c1-13-10(15)11(16)14-7-6-8-4-2-3-5-9(8)12/h2-5H,6-7H2,1H3,(H,13,15)(H,14,16). The molecule has 0 bridgehead atoms. The molecule has 2 amide bonds. The molecular formula is C11H13FN2O2. The van der Waals surface area contributed by atoms with Gasteiger partial charge in [-0.2, -0.15) is 0 Å². The Morgan fingerprint density at radius 1 is 1.25 bits per heavy atom. The van der Waals surface area contributed by atoms with Crippen LogP contribution in [0.4, 0.5) is 4.39 Å². The zero-order chi connectivity index (χ0) is 12.0. The van der Waals surface area contributed by atoms with E-state index in [4.69, 9.17) is 0 Å². The van der Waals surface area contributed by atoms with E-state index in [0.717, 1.165) is 0 Å². The summed E-state index contributed by atoms with van der Waals surface area (Å²) in [6, 6.07) is 6.32. The summed E-state index contributed by atoms with van der Waals surface area (Å²) in [4.78, 5) is 21.9. The number of nitrogens with one attached hydrogen (secondary N) is 2.